The molecule has 0 atom stereocenters. The van der Waals surface area contributed by atoms with Crippen LogP contribution in [-0.4, -0.2) is 9.13 Å². The summed E-state index contributed by atoms with van der Waals surface area (Å²) in [5.41, 5.74) is 12.8. The van der Waals surface area contributed by atoms with Crippen molar-refractivity contribution < 1.29 is 0 Å². The number of rotatable bonds is 2. The van der Waals surface area contributed by atoms with Crippen LogP contribution in [0.1, 0.15) is 25.0 Å². The minimum Gasteiger partial charge on any atom is -0.309 e. The second-order valence-corrected chi connectivity index (χ2v) is 18.9. The third kappa shape index (κ3) is 4.10. The van der Waals surface area contributed by atoms with Crippen LogP contribution in [0.5, 0.6) is 0 Å². The number of para-hydroxylation sites is 1. The first-order chi connectivity index (χ1) is 27.5. The van der Waals surface area contributed by atoms with Gasteiger partial charge < -0.3 is 9.13 Å². The van der Waals surface area contributed by atoms with E-state index in [4.69, 9.17) is 0 Å². The molecule has 1 aliphatic carbocycles. The third-order valence-corrected chi connectivity index (χ3v) is 16.1. The minimum atomic E-state index is -0.170. The molecule has 0 saturated carbocycles. The molecular weight excluding hydrogens is 737 g/mol. The van der Waals surface area contributed by atoms with Gasteiger partial charge >= 0.3 is 0 Å². The molecule has 0 radical (unpaired) electrons. The molecule has 0 unspecified atom stereocenters. The lowest BCUT2D eigenvalue weighted by Crippen LogP contribution is -2.16. The Hall–Kier alpha value is -5.72. The summed E-state index contributed by atoms with van der Waals surface area (Å²) in [6, 6.07) is 59.3. The number of aromatic nitrogens is 2. The van der Waals surface area contributed by atoms with Crippen LogP contribution in [-0.2, 0) is 5.41 Å². The fraction of sp³-hybridized carbons (Fsp3) is 0.0588. The molecule has 5 heteroatoms. The number of fused-ring (bicyclic) bond motifs is 16. The van der Waals surface area contributed by atoms with Gasteiger partial charge in [0.25, 0.3) is 0 Å². The molecule has 8 aromatic carbocycles. The fourth-order valence-corrected chi connectivity index (χ4v) is 13.4. The monoisotopic (exact) mass is 768 g/mol. The predicted octanol–water partition coefficient (Wildman–Crippen LogP) is 15.2. The lowest BCUT2D eigenvalue weighted by Gasteiger charge is -2.24. The zero-order valence-corrected chi connectivity index (χ0v) is 33.1. The van der Waals surface area contributed by atoms with Crippen LogP contribution in [0.15, 0.2) is 177 Å². The molecular formula is C51H32N2S3. The Balaban J connectivity index is 1.13. The number of nitrogens with zero attached hydrogens (tertiary/aromatic N) is 2. The normalized spacial score (nSPS) is 14.2. The molecule has 0 N–H and O–H groups in total. The molecule has 2 nitrogen and oxygen atoms in total. The van der Waals surface area contributed by atoms with Crippen LogP contribution in [0, 0.1) is 0 Å². The van der Waals surface area contributed by atoms with Crippen molar-refractivity contribution in [3.63, 3.8) is 0 Å². The van der Waals surface area contributed by atoms with E-state index in [2.05, 4.69) is 181 Å². The van der Waals surface area contributed by atoms with Gasteiger partial charge in [0.1, 0.15) is 0 Å². The molecule has 11 aromatic rings. The van der Waals surface area contributed by atoms with Gasteiger partial charge in [-0.2, -0.15) is 0 Å². The van der Waals surface area contributed by atoms with Crippen LogP contribution < -0.4 is 0 Å². The van der Waals surface area contributed by atoms with Crippen molar-refractivity contribution in [2.75, 3.05) is 0 Å². The molecule has 0 saturated heterocycles. The highest BCUT2D eigenvalue weighted by Crippen LogP contribution is 2.56. The van der Waals surface area contributed by atoms with Crippen molar-refractivity contribution >= 4 is 98.6 Å². The lowest BCUT2D eigenvalue weighted by atomic mass is 9.81. The third-order valence-electron chi connectivity index (χ3n) is 12.3. The summed E-state index contributed by atoms with van der Waals surface area (Å²) in [7, 11) is 0. The quantitative estimate of drug-likeness (QED) is 0.173. The Morgan fingerprint density at radius 2 is 1.09 bits per heavy atom. The van der Waals surface area contributed by atoms with E-state index in [9.17, 15) is 0 Å². The van der Waals surface area contributed by atoms with Crippen LogP contribution in [0.25, 0.3) is 86.3 Å². The van der Waals surface area contributed by atoms with Gasteiger partial charge in [-0.3, -0.25) is 0 Å². The molecule has 0 spiro atoms. The van der Waals surface area contributed by atoms with Crippen LogP contribution >= 0.6 is 34.9 Å². The summed E-state index contributed by atoms with van der Waals surface area (Å²) in [5, 5.41) is 7.78. The fourth-order valence-electron chi connectivity index (χ4n) is 9.92. The van der Waals surface area contributed by atoms with E-state index in [-0.39, 0.29) is 5.41 Å². The molecule has 56 heavy (non-hydrogen) atoms. The maximum atomic E-state index is 2.63. The summed E-state index contributed by atoms with van der Waals surface area (Å²) >= 11 is 5.69. The first-order valence-corrected chi connectivity index (χ1v) is 21.6. The van der Waals surface area contributed by atoms with Crippen molar-refractivity contribution in [2.24, 2.45) is 0 Å². The average Bonchev–Trinajstić information content (AvgIpc) is 3.95. The second kappa shape index (κ2) is 11.2. The van der Waals surface area contributed by atoms with Crippen LogP contribution in [0.3, 0.4) is 0 Å². The molecule has 0 bridgehead atoms. The van der Waals surface area contributed by atoms with E-state index in [1.165, 1.54) is 117 Å². The van der Waals surface area contributed by atoms with Crippen LogP contribution in [0.2, 0.25) is 0 Å². The highest BCUT2D eigenvalue weighted by atomic mass is 32.2. The summed E-state index contributed by atoms with van der Waals surface area (Å²) in [4.78, 5) is 5.30. The average molecular weight is 769 g/mol. The van der Waals surface area contributed by atoms with Gasteiger partial charge in [-0.1, -0.05) is 128 Å². The number of hydrogen-bond acceptors (Lipinski definition) is 3. The van der Waals surface area contributed by atoms with Crippen molar-refractivity contribution in [2.45, 2.75) is 38.8 Å². The van der Waals surface area contributed by atoms with E-state index < -0.39 is 0 Å². The highest BCUT2D eigenvalue weighted by Gasteiger charge is 2.39. The molecule has 13 rings (SSSR count). The maximum Gasteiger partial charge on any atom is 0.0692 e. The van der Waals surface area contributed by atoms with Crippen molar-refractivity contribution in [1.29, 1.82) is 0 Å². The van der Waals surface area contributed by atoms with Crippen molar-refractivity contribution in [3.05, 3.63) is 169 Å². The molecule has 2 aliphatic rings. The van der Waals surface area contributed by atoms with Gasteiger partial charge in [0.2, 0.25) is 0 Å². The lowest BCUT2D eigenvalue weighted by molar-refractivity contribution is 0.664. The topological polar surface area (TPSA) is 9.86 Å². The zero-order chi connectivity index (χ0) is 36.9. The molecule has 4 heterocycles. The Bertz CT molecular complexity index is 3520. The summed E-state index contributed by atoms with van der Waals surface area (Å²) in [5.74, 6) is 0. The van der Waals surface area contributed by atoms with E-state index in [1.54, 1.807) is 0 Å². The number of hydrogen-bond donors (Lipinski definition) is 0. The van der Waals surface area contributed by atoms with E-state index in [0.29, 0.717) is 0 Å². The maximum absolute atomic E-state index is 2.63. The first kappa shape index (κ1) is 31.5. The Kier molecular flexibility index (Phi) is 6.30. The Morgan fingerprint density at radius 1 is 0.429 bits per heavy atom. The summed E-state index contributed by atoms with van der Waals surface area (Å²) in [6.45, 7) is 4.83. The molecule has 0 fully saturated rings. The van der Waals surface area contributed by atoms with Gasteiger partial charge in [0.05, 0.1) is 27.0 Å². The number of benzene rings is 8. The largest absolute Gasteiger partial charge is 0.309 e. The predicted molar refractivity (Wildman–Crippen MR) is 240 cm³/mol. The standard InChI is InChI=1S/C51H32N2S3/c1-51(2)39-14-6-3-11-31(39)34-21-22-35-36-23-26-46-50(56-45-18-10-9-17-44(45)55-46)49(36)53(48(35)47(34)51)30-19-24-41-37(27-30)32-12-4-7-15-40(32)52(41)29-20-25-43-38(28-29)33-13-5-8-16-42(33)54-43/h3-28H,1-2H3. The van der Waals surface area contributed by atoms with Gasteiger partial charge in [0, 0.05) is 73.2 Å². The molecule has 3 aromatic heterocycles. The first-order valence-electron chi connectivity index (χ1n) is 19.2. The van der Waals surface area contributed by atoms with Gasteiger partial charge in [-0.05, 0) is 89.0 Å². The SMILES string of the molecule is CC1(C)c2ccccc2-c2ccc3c4ccc5c(c4n(-c4ccc6c(c4)c4ccccc4n6-c4ccc6sc7ccccc7c6c4)c3c21)Sc1ccccc1S5. The second-order valence-electron chi connectivity index (χ2n) is 15.7. The smallest absolute Gasteiger partial charge is 0.0692 e. The Labute approximate surface area is 336 Å². The summed E-state index contributed by atoms with van der Waals surface area (Å²) < 4.78 is 7.75. The molecule has 1 aliphatic heterocycles. The van der Waals surface area contributed by atoms with E-state index in [1.807, 2.05) is 34.9 Å². The highest BCUT2D eigenvalue weighted by molar-refractivity contribution is 8.05. The van der Waals surface area contributed by atoms with E-state index in [0.717, 1.165) is 0 Å². The van der Waals surface area contributed by atoms with Gasteiger partial charge in [0.15, 0.2) is 0 Å². The van der Waals surface area contributed by atoms with Gasteiger partial charge in [-0.15, -0.1) is 11.3 Å². The minimum absolute atomic E-state index is 0.170. The Morgan fingerprint density at radius 3 is 2.00 bits per heavy atom. The van der Waals surface area contributed by atoms with Crippen LogP contribution in [0.4, 0.5) is 0 Å². The van der Waals surface area contributed by atoms with E-state index >= 15 is 0 Å². The molecule has 0 amide bonds. The summed E-state index contributed by atoms with van der Waals surface area (Å²) in [6.07, 6.45) is 0. The number of thiophene rings is 1. The van der Waals surface area contributed by atoms with Crippen molar-refractivity contribution in [1.82, 2.24) is 9.13 Å². The van der Waals surface area contributed by atoms with Gasteiger partial charge in [-0.25, -0.2) is 0 Å². The van der Waals surface area contributed by atoms with Crippen molar-refractivity contribution in [3.8, 4) is 22.5 Å². The zero-order valence-electron chi connectivity index (χ0n) is 30.6. The molecule has 264 valence electrons.